The summed E-state index contributed by atoms with van der Waals surface area (Å²) in [7, 11) is 0. The largest absolute Gasteiger partial charge is 0.459 e. The van der Waals surface area contributed by atoms with Crippen LogP contribution in [0.25, 0.3) is 0 Å². The van der Waals surface area contributed by atoms with Crippen LogP contribution in [-0.4, -0.2) is 55.5 Å². The lowest BCUT2D eigenvalue weighted by Crippen LogP contribution is -2.54. The first-order valence-electron chi connectivity index (χ1n) is 8.36. The van der Waals surface area contributed by atoms with Crippen LogP contribution in [0.15, 0.2) is 53.1 Å². The normalized spacial score (nSPS) is 16.2. The number of piperazine rings is 1. The molecule has 132 valence electrons. The summed E-state index contributed by atoms with van der Waals surface area (Å²) in [6.07, 6.45) is 1.43. The first-order valence-corrected chi connectivity index (χ1v) is 8.36. The first kappa shape index (κ1) is 17.2. The summed E-state index contributed by atoms with van der Waals surface area (Å²) in [5, 5.41) is 8.91. The topological polar surface area (TPSA) is 86.6 Å². The van der Waals surface area contributed by atoms with Crippen LogP contribution in [-0.2, 0) is 4.79 Å². The van der Waals surface area contributed by atoms with Crippen molar-refractivity contribution in [1.82, 2.24) is 15.5 Å². The van der Waals surface area contributed by atoms with Crippen LogP contribution in [0, 0.1) is 0 Å². The zero-order valence-corrected chi connectivity index (χ0v) is 13.9. The van der Waals surface area contributed by atoms with E-state index in [0.29, 0.717) is 12.2 Å². The smallest absolute Gasteiger partial charge is 0.287 e. The van der Waals surface area contributed by atoms with Crippen LogP contribution in [0.5, 0.6) is 0 Å². The standard InChI is InChI=1S/C18H22N4O3/c23-17(20-14-5-2-1-3-6-14)15(13-22-10-8-19-9-11-22)21-18(24)16-7-4-12-25-16/h1-7,12,15,19H,8-11,13H2,(H,20,23)(H,21,24). The third kappa shape index (κ3) is 4.91. The fourth-order valence-corrected chi connectivity index (χ4v) is 2.73. The van der Waals surface area contributed by atoms with Crippen LogP contribution in [0.4, 0.5) is 5.69 Å². The summed E-state index contributed by atoms with van der Waals surface area (Å²) < 4.78 is 5.12. The van der Waals surface area contributed by atoms with Crippen LogP contribution >= 0.6 is 0 Å². The molecule has 2 heterocycles. The van der Waals surface area contributed by atoms with E-state index in [-0.39, 0.29) is 11.7 Å². The first-order chi connectivity index (χ1) is 12.2. The molecule has 7 nitrogen and oxygen atoms in total. The number of hydrogen-bond acceptors (Lipinski definition) is 5. The van der Waals surface area contributed by atoms with Crippen molar-refractivity contribution in [2.45, 2.75) is 6.04 Å². The van der Waals surface area contributed by atoms with Gasteiger partial charge in [0.2, 0.25) is 5.91 Å². The van der Waals surface area contributed by atoms with Crippen molar-refractivity contribution in [2.75, 3.05) is 38.0 Å². The molecule has 1 aliphatic heterocycles. The molecule has 3 rings (SSSR count). The van der Waals surface area contributed by atoms with Gasteiger partial charge in [-0.2, -0.15) is 0 Å². The molecule has 1 aromatic heterocycles. The molecule has 0 spiro atoms. The van der Waals surface area contributed by atoms with Crippen molar-refractivity contribution in [3.8, 4) is 0 Å². The highest BCUT2D eigenvalue weighted by molar-refractivity contribution is 6.00. The molecule has 25 heavy (non-hydrogen) atoms. The minimum Gasteiger partial charge on any atom is -0.459 e. The van der Waals surface area contributed by atoms with Gasteiger partial charge >= 0.3 is 0 Å². The number of furan rings is 1. The molecule has 0 bridgehead atoms. The molecule has 1 unspecified atom stereocenters. The molecule has 1 fully saturated rings. The second kappa shape index (κ2) is 8.46. The molecule has 1 atom stereocenters. The summed E-state index contributed by atoms with van der Waals surface area (Å²) in [5.74, 6) is -0.448. The van der Waals surface area contributed by atoms with Crippen molar-refractivity contribution in [1.29, 1.82) is 0 Å². The summed E-state index contributed by atoms with van der Waals surface area (Å²) in [5.41, 5.74) is 0.699. The Labute approximate surface area is 146 Å². The number of nitrogens with zero attached hydrogens (tertiary/aromatic N) is 1. The number of benzene rings is 1. The molecule has 1 saturated heterocycles. The van der Waals surface area contributed by atoms with Gasteiger partial charge in [0.25, 0.3) is 5.91 Å². The Balaban J connectivity index is 1.68. The lowest BCUT2D eigenvalue weighted by Gasteiger charge is -2.30. The van der Waals surface area contributed by atoms with E-state index in [1.165, 1.54) is 6.26 Å². The van der Waals surface area contributed by atoms with Gasteiger partial charge in [-0.25, -0.2) is 0 Å². The molecule has 0 saturated carbocycles. The van der Waals surface area contributed by atoms with Gasteiger partial charge in [-0.1, -0.05) is 18.2 Å². The Kier molecular flexibility index (Phi) is 5.81. The Hall–Kier alpha value is -2.64. The summed E-state index contributed by atoms with van der Waals surface area (Å²) in [4.78, 5) is 27.2. The Morgan fingerprint density at radius 2 is 1.88 bits per heavy atom. The van der Waals surface area contributed by atoms with Crippen molar-refractivity contribution in [2.24, 2.45) is 0 Å². The molecular formula is C18H22N4O3. The molecule has 0 radical (unpaired) electrons. The zero-order chi connectivity index (χ0) is 17.5. The number of amides is 2. The lowest BCUT2D eigenvalue weighted by molar-refractivity contribution is -0.118. The van der Waals surface area contributed by atoms with E-state index >= 15 is 0 Å². The van der Waals surface area contributed by atoms with E-state index in [1.807, 2.05) is 30.3 Å². The number of hydrogen-bond donors (Lipinski definition) is 3. The molecule has 2 aromatic rings. The fourth-order valence-electron chi connectivity index (χ4n) is 2.73. The third-order valence-corrected chi connectivity index (χ3v) is 4.06. The highest BCUT2D eigenvalue weighted by Crippen LogP contribution is 2.08. The maximum absolute atomic E-state index is 12.7. The summed E-state index contributed by atoms with van der Waals surface area (Å²) in [6.45, 7) is 3.88. The van der Waals surface area contributed by atoms with Crippen molar-refractivity contribution < 1.29 is 14.0 Å². The van der Waals surface area contributed by atoms with E-state index in [1.54, 1.807) is 12.1 Å². The Bertz CT molecular complexity index is 682. The summed E-state index contributed by atoms with van der Waals surface area (Å²) >= 11 is 0. The average molecular weight is 342 g/mol. The molecule has 1 aromatic carbocycles. The van der Waals surface area contributed by atoms with Gasteiger partial charge in [-0.15, -0.1) is 0 Å². The van der Waals surface area contributed by atoms with E-state index in [9.17, 15) is 9.59 Å². The van der Waals surface area contributed by atoms with Gasteiger partial charge in [-0.3, -0.25) is 14.5 Å². The minimum atomic E-state index is -0.670. The highest BCUT2D eigenvalue weighted by Gasteiger charge is 2.25. The quantitative estimate of drug-likeness (QED) is 0.727. The molecule has 7 heteroatoms. The van der Waals surface area contributed by atoms with Crippen molar-refractivity contribution in [3.05, 3.63) is 54.5 Å². The van der Waals surface area contributed by atoms with Crippen LogP contribution in [0.1, 0.15) is 10.6 Å². The van der Waals surface area contributed by atoms with E-state index in [4.69, 9.17) is 4.42 Å². The van der Waals surface area contributed by atoms with E-state index < -0.39 is 11.9 Å². The molecule has 0 aliphatic carbocycles. The summed E-state index contributed by atoms with van der Waals surface area (Å²) in [6, 6.07) is 11.8. The number of anilines is 1. The second-order valence-electron chi connectivity index (χ2n) is 5.91. The van der Waals surface area contributed by atoms with Gasteiger partial charge in [-0.05, 0) is 24.3 Å². The molecule has 2 amide bonds. The number of nitrogens with one attached hydrogen (secondary N) is 3. The average Bonchev–Trinajstić information content (AvgIpc) is 3.18. The van der Waals surface area contributed by atoms with Gasteiger partial charge in [0.1, 0.15) is 6.04 Å². The number of carbonyl (C=O) groups excluding carboxylic acids is 2. The maximum atomic E-state index is 12.7. The predicted octanol–water partition coefficient (Wildman–Crippen LogP) is 0.922. The number of carbonyl (C=O) groups is 2. The Morgan fingerprint density at radius 3 is 2.56 bits per heavy atom. The number of para-hydroxylation sites is 1. The van der Waals surface area contributed by atoms with Gasteiger partial charge < -0.3 is 20.4 Å². The minimum absolute atomic E-state index is 0.192. The lowest BCUT2D eigenvalue weighted by atomic mass is 10.2. The molecular weight excluding hydrogens is 320 g/mol. The van der Waals surface area contributed by atoms with Gasteiger partial charge in [0, 0.05) is 38.4 Å². The fraction of sp³-hybridized carbons (Fsp3) is 0.333. The molecule has 3 N–H and O–H groups in total. The predicted molar refractivity (Wildman–Crippen MR) is 94.3 cm³/mol. The van der Waals surface area contributed by atoms with Crippen LogP contribution in [0.3, 0.4) is 0 Å². The zero-order valence-electron chi connectivity index (χ0n) is 13.9. The van der Waals surface area contributed by atoms with Gasteiger partial charge in [0.05, 0.1) is 6.26 Å². The monoisotopic (exact) mass is 342 g/mol. The van der Waals surface area contributed by atoms with Crippen molar-refractivity contribution in [3.63, 3.8) is 0 Å². The van der Waals surface area contributed by atoms with Crippen LogP contribution in [0.2, 0.25) is 0 Å². The van der Waals surface area contributed by atoms with Crippen LogP contribution < -0.4 is 16.0 Å². The SMILES string of the molecule is O=C(NC(CN1CCNCC1)C(=O)Nc1ccccc1)c1ccco1. The Morgan fingerprint density at radius 1 is 1.12 bits per heavy atom. The second-order valence-corrected chi connectivity index (χ2v) is 5.91. The highest BCUT2D eigenvalue weighted by atomic mass is 16.3. The maximum Gasteiger partial charge on any atom is 0.287 e. The van der Waals surface area contributed by atoms with Gasteiger partial charge in [0.15, 0.2) is 5.76 Å². The van der Waals surface area contributed by atoms with E-state index in [0.717, 1.165) is 26.2 Å². The number of rotatable bonds is 6. The molecule has 1 aliphatic rings. The third-order valence-electron chi connectivity index (χ3n) is 4.06. The van der Waals surface area contributed by atoms with E-state index in [2.05, 4.69) is 20.9 Å². The van der Waals surface area contributed by atoms with Crippen molar-refractivity contribution >= 4 is 17.5 Å².